The number of anilines is 2. The highest BCUT2D eigenvalue weighted by Crippen LogP contribution is 2.31. The van der Waals surface area contributed by atoms with E-state index in [9.17, 15) is 18.0 Å². The summed E-state index contributed by atoms with van der Waals surface area (Å²) in [5, 5.41) is 2.89. The van der Waals surface area contributed by atoms with Crippen molar-refractivity contribution in [3.63, 3.8) is 0 Å². The van der Waals surface area contributed by atoms with Gasteiger partial charge in [-0.3, -0.25) is 4.79 Å². The maximum Gasteiger partial charge on any atom is 0.573 e. The Labute approximate surface area is 189 Å². The van der Waals surface area contributed by atoms with E-state index in [1.165, 1.54) is 12.1 Å². The third-order valence-corrected chi connectivity index (χ3v) is 5.33. The summed E-state index contributed by atoms with van der Waals surface area (Å²) in [6, 6.07) is 14.5. The summed E-state index contributed by atoms with van der Waals surface area (Å²) in [5.41, 5.74) is 3.30. The number of alkyl halides is 3. The molecule has 9 heteroatoms. The molecule has 1 aliphatic rings. The predicted octanol–water partition coefficient (Wildman–Crippen LogP) is 5.04. The van der Waals surface area contributed by atoms with Gasteiger partial charge in [-0.15, -0.1) is 13.2 Å². The van der Waals surface area contributed by atoms with Crippen molar-refractivity contribution in [2.24, 2.45) is 0 Å². The van der Waals surface area contributed by atoms with E-state index in [1.807, 2.05) is 19.1 Å². The standard InChI is InChI=1S/C24H22F3N3O3/c1-16-20(17-5-8-19(9-6-17)33-24(25,26)27)3-2-4-21(16)29-23(31)18-7-10-22(28-15-18)30-11-13-32-14-12-30/h2-10,15H,11-14H2,1H3,(H,29,31). The number of aromatic nitrogens is 1. The van der Waals surface area contributed by atoms with E-state index in [1.54, 1.807) is 36.5 Å². The molecule has 1 aliphatic heterocycles. The molecule has 0 aliphatic carbocycles. The van der Waals surface area contributed by atoms with E-state index in [0.29, 0.717) is 30.0 Å². The van der Waals surface area contributed by atoms with Crippen molar-refractivity contribution < 1.29 is 27.4 Å². The smallest absolute Gasteiger partial charge is 0.406 e. The first-order valence-corrected chi connectivity index (χ1v) is 10.4. The van der Waals surface area contributed by atoms with Crippen LogP contribution in [0, 0.1) is 6.92 Å². The van der Waals surface area contributed by atoms with Crippen LogP contribution in [-0.2, 0) is 4.74 Å². The van der Waals surface area contributed by atoms with Crippen molar-refractivity contribution in [1.82, 2.24) is 4.98 Å². The molecule has 172 valence electrons. The second-order valence-electron chi connectivity index (χ2n) is 7.51. The van der Waals surface area contributed by atoms with Crippen LogP contribution in [0.15, 0.2) is 60.8 Å². The van der Waals surface area contributed by atoms with Crippen LogP contribution in [0.1, 0.15) is 15.9 Å². The van der Waals surface area contributed by atoms with E-state index in [2.05, 4.69) is 19.9 Å². The van der Waals surface area contributed by atoms with Gasteiger partial charge in [0.2, 0.25) is 0 Å². The van der Waals surface area contributed by atoms with Crippen LogP contribution in [0.3, 0.4) is 0 Å². The van der Waals surface area contributed by atoms with Crippen LogP contribution in [0.2, 0.25) is 0 Å². The molecule has 0 spiro atoms. The third-order valence-electron chi connectivity index (χ3n) is 5.33. The Bertz CT molecular complexity index is 1110. The first-order chi connectivity index (χ1) is 15.8. The average molecular weight is 457 g/mol. The molecule has 1 saturated heterocycles. The fraction of sp³-hybridized carbons (Fsp3) is 0.250. The summed E-state index contributed by atoms with van der Waals surface area (Å²) in [5.74, 6) is 0.206. The van der Waals surface area contributed by atoms with Gasteiger partial charge in [-0.2, -0.15) is 0 Å². The minimum atomic E-state index is -4.74. The summed E-state index contributed by atoms with van der Waals surface area (Å²) in [6.45, 7) is 4.65. The quantitative estimate of drug-likeness (QED) is 0.581. The highest BCUT2D eigenvalue weighted by atomic mass is 19.4. The number of pyridine rings is 1. The molecule has 1 amide bonds. The number of hydrogen-bond acceptors (Lipinski definition) is 5. The summed E-state index contributed by atoms with van der Waals surface area (Å²) in [4.78, 5) is 19.3. The molecule has 2 aromatic carbocycles. The summed E-state index contributed by atoms with van der Waals surface area (Å²) >= 11 is 0. The van der Waals surface area contributed by atoms with Crippen molar-refractivity contribution in [2.45, 2.75) is 13.3 Å². The average Bonchev–Trinajstić information content (AvgIpc) is 2.81. The predicted molar refractivity (Wildman–Crippen MR) is 119 cm³/mol. The van der Waals surface area contributed by atoms with E-state index in [-0.39, 0.29) is 11.7 Å². The molecule has 6 nitrogen and oxygen atoms in total. The van der Waals surface area contributed by atoms with Crippen LogP contribution >= 0.6 is 0 Å². The van der Waals surface area contributed by atoms with Gasteiger partial charge in [0.15, 0.2) is 0 Å². The number of halogens is 3. The van der Waals surface area contributed by atoms with Crippen LogP contribution in [0.4, 0.5) is 24.7 Å². The number of amides is 1. The maximum absolute atomic E-state index is 12.8. The maximum atomic E-state index is 12.8. The van der Waals surface area contributed by atoms with Crippen LogP contribution in [-0.4, -0.2) is 43.6 Å². The third kappa shape index (κ3) is 5.61. The van der Waals surface area contributed by atoms with Gasteiger partial charge in [0.25, 0.3) is 5.91 Å². The highest BCUT2D eigenvalue weighted by Gasteiger charge is 2.31. The van der Waals surface area contributed by atoms with Gasteiger partial charge in [-0.05, 0) is 53.9 Å². The lowest BCUT2D eigenvalue weighted by atomic mass is 9.99. The van der Waals surface area contributed by atoms with Crippen molar-refractivity contribution in [2.75, 3.05) is 36.5 Å². The molecule has 0 saturated carbocycles. The van der Waals surface area contributed by atoms with Gasteiger partial charge < -0.3 is 19.7 Å². The van der Waals surface area contributed by atoms with Gasteiger partial charge in [-0.25, -0.2) is 4.98 Å². The summed E-state index contributed by atoms with van der Waals surface area (Å²) in [7, 11) is 0. The van der Waals surface area contributed by atoms with Gasteiger partial charge in [0.1, 0.15) is 11.6 Å². The molecule has 1 fully saturated rings. The Hall–Kier alpha value is -3.59. The molecular formula is C24H22F3N3O3. The van der Waals surface area contributed by atoms with Crippen LogP contribution < -0.4 is 15.0 Å². The van der Waals surface area contributed by atoms with Crippen LogP contribution in [0.5, 0.6) is 5.75 Å². The number of morpholine rings is 1. The number of benzene rings is 2. The second-order valence-corrected chi connectivity index (χ2v) is 7.51. The zero-order valence-corrected chi connectivity index (χ0v) is 17.9. The number of carbonyl (C=O) groups is 1. The number of nitrogens with one attached hydrogen (secondary N) is 1. The Morgan fingerprint density at radius 2 is 1.79 bits per heavy atom. The molecule has 4 rings (SSSR count). The number of rotatable bonds is 5. The Kier molecular flexibility index (Phi) is 6.50. The number of carbonyl (C=O) groups excluding carboxylic acids is 1. The Morgan fingerprint density at radius 1 is 1.06 bits per heavy atom. The summed E-state index contributed by atoms with van der Waals surface area (Å²) in [6.07, 6.45) is -3.20. The number of hydrogen-bond donors (Lipinski definition) is 1. The lowest BCUT2D eigenvalue weighted by Gasteiger charge is -2.27. The first kappa shape index (κ1) is 22.6. The molecule has 0 radical (unpaired) electrons. The number of nitrogens with zero attached hydrogens (tertiary/aromatic N) is 2. The van der Waals surface area contributed by atoms with Crippen molar-refractivity contribution >= 4 is 17.4 Å². The Balaban J connectivity index is 1.48. The number of ether oxygens (including phenoxy) is 2. The molecule has 1 aromatic heterocycles. The van der Waals surface area contributed by atoms with E-state index in [4.69, 9.17) is 4.74 Å². The molecule has 0 bridgehead atoms. The fourth-order valence-corrected chi connectivity index (χ4v) is 3.61. The molecule has 0 atom stereocenters. The van der Waals surface area contributed by atoms with Crippen LogP contribution in [0.25, 0.3) is 11.1 Å². The van der Waals surface area contributed by atoms with Crippen molar-refractivity contribution in [3.05, 3.63) is 71.9 Å². The molecule has 1 N–H and O–H groups in total. The van der Waals surface area contributed by atoms with Crippen molar-refractivity contribution in [1.29, 1.82) is 0 Å². The SMILES string of the molecule is Cc1c(NC(=O)c2ccc(N3CCOCC3)nc2)cccc1-c1ccc(OC(F)(F)F)cc1. The fourth-order valence-electron chi connectivity index (χ4n) is 3.61. The normalized spacial score (nSPS) is 14.1. The van der Waals surface area contributed by atoms with Gasteiger partial charge >= 0.3 is 6.36 Å². The molecule has 33 heavy (non-hydrogen) atoms. The zero-order chi connectivity index (χ0) is 23.4. The lowest BCUT2D eigenvalue weighted by molar-refractivity contribution is -0.274. The van der Waals surface area contributed by atoms with E-state index in [0.717, 1.165) is 30.0 Å². The molecule has 3 aromatic rings. The topological polar surface area (TPSA) is 63.7 Å². The molecular weight excluding hydrogens is 435 g/mol. The first-order valence-electron chi connectivity index (χ1n) is 10.4. The van der Waals surface area contributed by atoms with Gasteiger partial charge in [0.05, 0.1) is 18.8 Å². The minimum absolute atomic E-state index is 0.290. The van der Waals surface area contributed by atoms with E-state index >= 15 is 0 Å². The van der Waals surface area contributed by atoms with Gasteiger partial charge in [0, 0.05) is 25.0 Å². The lowest BCUT2D eigenvalue weighted by Crippen LogP contribution is -2.36. The van der Waals surface area contributed by atoms with E-state index < -0.39 is 6.36 Å². The summed E-state index contributed by atoms with van der Waals surface area (Å²) < 4.78 is 46.4. The second kappa shape index (κ2) is 9.50. The largest absolute Gasteiger partial charge is 0.573 e. The highest BCUT2D eigenvalue weighted by molar-refractivity contribution is 6.05. The molecule has 0 unspecified atom stereocenters. The monoisotopic (exact) mass is 457 g/mol. The minimum Gasteiger partial charge on any atom is -0.406 e. The Morgan fingerprint density at radius 3 is 2.42 bits per heavy atom. The van der Waals surface area contributed by atoms with Gasteiger partial charge in [-0.1, -0.05) is 24.3 Å². The van der Waals surface area contributed by atoms with Crippen molar-refractivity contribution in [3.8, 4) is 16.9 Å². The molecule has 2 heterocycles. The zero-order valence-electron chi connectivity index (χ0n) is 17.9.